The minimum absolute atomic E-state index is 0.142. The van der Waals surface area contributed by atoms with Crippen LogP contribution >= 0.6 is 0 Å². The molecule has 1 aliphatic carbocycles. The number of anilines is 1. The van der Waals surface area contributed by atoms with Crippen LogP contribution in [0, 0.1) is 17.2 Å². The van der Waals surface area contributed by atoms with Crippen LogP contribution < -0.4 is 4.90 Å². The molecule has 2 aliphatic rings. The summed E-state index contributed by atoms with van der Waals surface area (Å²) >= 11 is 0. The average Bonchev–Trinajstić information content (AvgIpc) is 3.32. The Kier molecular flexibility index (Phi) is 6.10. The number of aromatic nitrogens is 4. The van der Waals surface area contributed by atoms with Crippen LogP contribution in [0.5, 0.6) is 0 Å². The van der Waals surface area contributed by atoms with E-state index in [9.17, 15) is 4.79 Å². The van der Waals surface area contributed by atoms with E-state index in [2.05, 4.69) is 16.3 Å². The van der Waals surface area contributed by atoms with Gasteiger partial charge in [0.25, 0.3) is 0 Å². The zero-order chi connectivity index (χ0) is 20.9. The second-order valence-corrected chi connectivity index (χ2v) is 7.48. The van der Waals surface area contributed by atoms with Gasteiger partial charge in [-0.05, 0) is 25.5 Å². The summed E-state index contributed by atoms with van der Waals surface area (Å²) in [5.74, 6) is -0.701. The van der Waals surface area contributed by atoms with Gasteiger partial charge in [-0.15, -0.1) is 0 Å². The lowest BCUT2D eigenvalue weighted by atomic mass is 10.1. The van der Waals surface area contributed by atoms with Crippen LogP contribution in [-0.2, 0) is 16.1 Å². The lowest BCUT2D eigenvalue weighted by molar-refractivity contribution is -0.118. The first-order valence-corrected chi connectivity index (χ1v) is 10.5. The van der Waals surface area contributed by atoms with Gasteiger partial charge in [0.1, 0.15) is 5.92 Å². The summed E-state index contributed by atoms with van der Waals surface area (Å²) in [7, 11) is 0. The molecule has 1 saturated heterocycles. The molecule has 30 heavy (non-hydrogen) atoms. The van der Waals surface area contributed by atoms with E-state index in [1.54, 1.807) is 15.6 Å². The number of carbonyl (C=O) groups is 1. The summed E-state index contributed by atoms with van der Waals surface area (Å²) in [5, 5.41) is 17.8. The van der Waals surface area contributed by atoms with Gasteiger partial charge in [-0.3, -0.25) is 9.48 Å². The Hall–Kier alpha value is -3.18. The SMILES string of the molecule is C1CC1.CCOCCn1cc(-c2cc3c(N4CCC(C#N)C4=O)ccnn3c2)cn1. The Bertz CT molecular complexity index is 1060. The molecular formula is C22H26N6O2. The molecule has 1 saturated carbocycles. The molecule has 8 heteroatoms. The molecule has 0 bridgehead atoms. The number of rotatable bonds is 6. The summed E-state index contributed by atoms with van der Waals surface area (Å²) in [4.78, 5) is 14.1. The van der Waals surface area contributed by atoms with E-state index in [1.165, 1.54) is 19.3 Å². The lowest BCUT2D eigenvalue weighted by Crippen LogP contribution is -2.27. The molecule has 156 valence electrons. The van der Waals surface area contributed by atoms with Gasteiger partial charge in [0.2, 0.25) is 5.91 Å². The van der Waals surface area contributed by atoms with E-state index < -0.39 is 5.92 Å². The van der Waals surface area contributed by atoms with Gasteiger partial charge in [-0.2, -0.15) is 15.5 Å². The molecule has 1 unspecified atom stereocenters. The zero-order valence-corrected chi connectivity index (χ0v) is 17.2. The van der Waals surface area contributed by atoms with Crippen molar-refractivity contribution in [2.24, 2.45) is 5.92 Å². The van der Waals surface area contributed by atoms with Crippen molar-refractivity contribution in [3.63, 3.8) is 0 Å². The number of carbonyl (C=O) groups excluding carboxylic acids is 1. The Morgan fingerprint density at radius 1 is 1.23 bits per heavy atom. The summed E-state index contributed by atoms with van der Waals surface area (Å²) in [6, 6.07) is 5.90. The predicted molar refractivity (Wildman–Crippen MR) is 113 cm³/mol. The van der Waals surface area contributed by atoms with Crippen molar-refractivity contribution < 1.29 is 9.53 Å². The van der Waals surface area contributed by atoms with Crippen LogP contribution in [0.4, 0.5) is 5.69 Å². The number of ether oxygens (including phenoxy) is 1. The zero-order valence-electron chi connectivity index (χ0n) is 17.2. The highest BCUT2D eigenvalue weighted by molar-refractivity contribution is 6.02. The molecule has 1 amide bonds. The molecule has 1 aliphatic heterocycles. The minimum atomic E-state index is -0.559. The van der Waals surface area contributed by atoms with Crippen molar-refractivity contribution >= 4 is 17.1 Å². The predicted octanol–water partition coefficient (Wildman–Crippen LogP) is 3.28. The van der Waals surface area contributed by atoms with Gasteiger partial charge < -0.3 is 9.64 Å². The van der Waals surface area contributed by atoms with E-state index in [0.29, 0.717) is 32.7 Å². The van der Waals surface area contributed by atoms with Crippen LogP contribution in [0.15, 0.2) is 36.9 Å². The number of hydrogen-bond acceptors (Lipinski definition) is 5. The summed E-state index contributed by atoms with van der Waals surface area (Å²) in [6.45, 7) is 4.53. The largest absolute Gasteiger partial charge is 0.380 e. The van der Waals surface area contributed by atoms with Gasteiger partial charge in [0.05, 0.1) is 36.6 Å². The Labute approximate surface area is 175 Å². The van der Waals surface area contributed by atoms with Crippen molar-refractivity contribution in [2.75, 3.05) is 24.7 Å². The van der Waals surface area contributed by atoms with Gasteiger partial charge in [-0.25, -0.2) is 4.52 Å². The van der Waals surface area contributed by atoms with Crippen molar-refractivity contribution in [1.29, 1.82) is 5.26 Å². The van der Waals surface area contributed by atoms with E-state index >= 15 is 0 Å². The third-order valence-electron chi connectivity index (χ3n) is 5.13. The van der Waals surface area contributed by atoms with E-state index in [-0.39, 0.29) is 5.91 Å². The molecule has 0 radical (unpaired) electrons. The maximum absolute atomic E-state index is 12.4. The first kappa shape index (κ1) is 20.1. The number of hydrogen-bond donors (Lipinski definition) is 0. The molecule has 2 fully saturated rings. The van der Waals surface area contributed by atoms with E-state index in [1.807, 2.05) is 42.3 Å². The molecule has 0 N–H and O–H groups in total. The number of nitriles is 1. The minimum Gasteiger partial charge on any atom is -0.380 e. The molecule has 1 atom stereocenters. The van der Waals surface area contributed by atoms with Crippen molar-refractivity contribution in [2.45, 2.75) is 39.2 Å². The first-order chi connectivity index (χ1) is 14.7. The molecule has 3 aromatic heterocycles. The van der Waals surface area contributed by atoms with Gasteiger partial charge in [0, 0.05) is 42.9 Å². The van der Waals surface area contributed by atoms with Crippen LogP contribution in [0.3, 0.4) is 0 Å². The Morgan fingerprint density at radius 2 is 2.07 bits per heavy atom. The number of fused-ring (bicyclic) bond motifs is 1. The fraction of sp³-hybridized carbons (Fsp3) is 0.455. The second kappa shape index (κ2) is 9.09. The van der Waals surface area contributed by atoms with Gasteiger partial charge in [-0.1, -0.05) is 19.3 Å². The van der Waals surface area contributed by atoms with Crippen molar-refractivity contribution in [3.8, 4) is 17.2 Å². The molecule has 8 nitrogen and oxygen atoms in total. The van der Waals surface area contributed by atoms with E-state index in [4.69, 9.17) is 10.00 Å². The quantitative estimate of drug-likeness (QED) is 0.586. The van der Waals surface area contributed by atoms with Crippen LogP contribution in [0.2, 0.25) is 0 Å². The number of nitrogens with zero attached hydrogens (tertiary/aromatic N) is 6. The monoisotopic (exact) mass is 406 g/mol. The fourth-order valence-electron chi connectivity index (χ4n) is 3.36. The van der Waals surface area contributed by atoms with Crippen LogP contribution in [-0.4, -0.2) is 45.1 Å². The standard InChI is InChI=1S/C19H20N6O2.C3H6/c1-2-27-8-7-23-12-16(11-22-23)15-9-18-17(3-5-21-25(18)13-15)24-6-4-14(10-20)19(24)26;1-2-3-1/h3,5,9,11-14H,2,4,6-8H2,1H3;1-3H2. The van der Waals surface area contributed by atoms with Crippen LogP contribution in [0.1, 0.15) is 32.6 Å². The molecule has 3 aromatic rings. The fourth-order valence-corrected chi connectivity index (χ4v) is 3.36. The highest BCUT2D eigenvalue weighted by Gasteiger charge is 2.33. The van der Waals surface area contributed by atoms with Crippen LogP contribution in [0.25, 0.3) is 16.6 Å². The molecular weight excluding hydrogens is 380 g/mol. The smallest absolute Gasteiger partial charge is 0.244 e. The molecule has 5 rings (SSSR count). The maximum atomic E-state index is 12.4. The van der Waals surface area contributed by atoms with Gasteiger partial charge >= 0.3 is 0 Å². The highest BCUT2D eigenvalue weighted by Crippen LogP contribution is 2.31. The average molecular weight is 406 g/mol. The lowest BCUT2D eigenvalue weighted by Gasteiger charge is -2.16. The summed E-state index contributed by atoms with van der Waals surface area (Å²) in [5.41, 5.74) is 3.57. The third kappa shape index (κ3) is 4.36. The van der Waals surface area contributed by atoms with Crippen molar-refractivity contribution in [1.82, 2.24) is 19.4 Å². The van der Waals surface area contributed by atoms with E-state index in [0.717, 1.165) is 22.3 Å². The summed E-state index contributed by atoms with van der Waals surface area (Å²) in [6.07, 6.45) is 12.4. The molecule has 0 aromatic carbocycles. The molecule has 4 heterocycles. The Morgan fingerprint density at radius 3 is 2.77 bits per heavy atom. The Balaban J connectivity index is 0.000000667. The normalized spacial score (nSPS) is 17.7. The first-order valence-electron chi connectivity index (χ1n) is 10.5. The topological polar surface area (TPSA) is 88.5 Å². The van der Waals surface area contributed by atoms with Gasteiger partial charge in [0.15, 0.2) is 0 Å². The molecule has 0 spiro atoms. The maximum Gasteiger partial charge on any atom is 0.244 e. The number of amides is 1. The second-order valence-electron chi connectivity index (χ2n) is 7.48. The highest BCUT2D eigenvalue weighted by atomic mass is 16.5. The van der Waals surface area contributed by atoms with Crippen molar-refractivity contribution in [3.05, 3.63) is 36.9 Å². The third-order valence-corrected chi connectivity index (χ3v) is 5.13. The summed E-state index contributed by atoms with van der Waals surface area (Å²) < 4.78 is 8.98.